The molecule has 138 valence electrons. The molecule has 1 fully saturated rings. The van der Waals surface area contributed by atoms with Crippen LogP contribution in [0.2, 0.25) is 0 Å². The van der Waals surface area contributed by atoms with Gasteiger partial charge < -0.3 is 20.7 Å². The Bertz CT molecular complexity index is 807. The van der Waals surface area contributed by atoms with Crippen LogP contribution >= 0.6 is 11.8 Å². The predicted octanol–water partition coefficient (Wildman–Crippen LogP) is -0.0425. The number of rotatable bonds is 6. The Morgan fingerprint density at radius 2 is 2.32 bits per heavy atom. The number of aromatic nitrogens is 4. The lowest BCUT2D eigenvalue weighted by atomic mass is 10.1. The summed E-state index contributed by atoms with van der Waals surface area (Å²) in [4.78, 5) is 21.1. The molecular formula is C15H23N5O4S. The van der Waals surface area contributed by atoms with Crippen molar-refractivity contribution in [1.29, 1.82) is 0 Å². The summed E-state index contributed by atoms with van der Waals surface area (Å²) in [6.45, 7) is 2.32. The third kappa shape index (κ3) is 3.26. The molecule has 3 heterocycles. The van der Waals surface area contributed by atoms with E-state index in [9.17, 15) is 15.0 Å². The Balaban J connectivity index is 2.08. The number of aliphatic hydroxyl groups excluding tert-OH is 2. The molecule has 3 rings (SSSR count). The van der Waals surface area contributed by atoms with Crippen molar-refractivity contribution in [2.45, 2.75) is 50.8 Å². The third-order valence-electron chi connectivity index (χ3n) is 4.46. The number of nitrogen functional groups attached to an aromatic ring is 1. The fraction of sp³-hybridized carbons (Fsp3) is 0.667. The first kappa shape index (κ1) is 18.2. The molecule has 10 heteroatoms. The van der Waals surface area contributed by atoms with Crippen molar-refractivity contribution in [3.8, 4) is 0 Å². The second kappa shape index (κ2) is 7.32. The minimum atomic E-state index is -0.917. The van der Waals surface area contributed by atoms with E-state index in [-0.39, 0.29) is 18.1 Å². The maximum absolute atomic E-state index is 12.9. The van der Waals surface area contributed by atoms with Gasteiger partial charge >= 0.3 is 5.69 Å². The van der Waals surface area contributed by atoms with Crippen LogP contribution in [-0.2, 0) is 11.3 Å². The molecule has 0 radical (unpaired) electrons. The highest BCUT2D eigenvalue weighted by molar-refractivity contribution is 7.98. The van der Waals surface area contributed by atoms with E-state index >= 15 is 0 Å². The van der Waals surface area contributed by atoms with E-state index in [4.69, 9.17) is 10.5 Å². The molecule has 9 nitrogen and oxygen atoms in total. The molecule has 1 saturated heterocycles. The van der Waals surface area contributed by atoms with Gasteiger partial charge in [0.25, 0.3) is 0 Å². The SMILES string of the molecule is CC[C@H](O)[C@@H]1C[C@@H](O)[C@H](n2c(=O)n(CCSC)c3cnc(N)nc32)O1. The van der Waals surface area contributed by atoms with Crippen LogP contribution in [0, 0.1) is 0 Å². The van der Waals surface area contributed by atoms with E-state index in [0.717, 1.165) is 5.75 Å². The molecule has 1 aliphatic rings. The largest absolute Gasteiger partial charge is 0.390 e. The van der Waals surface area contributed by atoms with Crippen LogP contribution in [0.1, 0.15) is 26.0 Å². The van der Waals surface area contributed by atoms with Crippen molar-refractivity contribution < 1.29 is 14.9 Å². The number of nitrogens with zero attached hydrogens (tertiary/aromatic N) is 4. The summed E-state index contributed by atoms with van der Waals surface area (Å²) >= 11 is 1.62. The van der Waals surface area contributed by atoms with Crippen molar-refractivity contribution in [3.63, 3.8) is 0 Å². The Morgan fingerprint density at radius 3 is 3.00 bits per heavy atom. The van der Waals surface area contributed by atoms with Gasteiger partial charge in [-0.3, -0.25) is 4.57 Å². The van der Waals surface area contributed by atoms with Crippen LogP contribution in [0.4, 0.5) is 5.95 Å². The number of fused-ring (bicyclic) bond motifs is 1. The summed E-state index contributed by atoms with van der Waals surface area (Å²) < 4.78 is 8.68. The number of ether oxygens (including phenoxy) is 1. The molecule has 0 aliphatic carbocycles. The molecule has 0 bridgehead atoms. The first-order valence-electron chi connectivity index (χ1n) is 8.21. The molecule has 0 spiro atoms. The third-order valence-corrected chi connectivity index (χ3v) is 5.05. The van der Waals surface area contributed by atoms with Gasteiger partial charge in [-0.05, 0) is 12.7 Å². The average molecular weight is 369 g/mol. The van der Waals surface area contributed by atoms with Crippen LogP contribution < -0.4 is 11.4 Å². The second-order valence-corrected chi connectivity index (χ2v) is 7.06. The first-order valence-corrected chi connectivity index (χ1v) is 9.61. The zero-order valence-electron chi connectivity index (χ0n) is 14.2. The van der Waals surface area contributed by atoms with Crippen LogP contribution in [0.15, 0.2) is 11.0 Å². The van der Waals surface area contributed by atoms with Crippen LogP contribution in [0.25, 0.3) is 11.2 Å². The average Bonchev–Trinajstić information content (AvgIpc) is 3.09. The Hall–Kier alpha value is -1.62. The topological polar surface area (TPSA) is 128 Å². The summed E-state index contributed by atoms with van der Waals surface area (Å²) in [6, 6.07) is 0. The molecule has 2 aromatic rings. The van der Waals surface area contributed by atoms with Gasteiger partial charge in [0.1, 0.15) is 11.6 Å². The highest BCUT2D eigenvalue weighted by Crippen LogP contribution is 2.32. The lowest BCUT2D eigenvalue weighted by Crippen LogP contribution is -2.32. The van der Waals surface area contributed by atoms with Crippen molar-refractivity contribution in [1.82, 2.24) is 19.1 Å². The molecule has 0 amide bonds. The van der Waals surface area contributed by atoms with Gasteiger partial charge in [0.15, 0.2) is 11.9 Å². The Labute approximate surface area is 148 Å². The van der Waals surface area contributed by atoms with E-state index in [0.29, 0.717) is 24.1 Å². The van der Waals surface area contributed by atoms with E-state index in [1.807, 2.05) is 13.2 Å². The van der Waals surface area contributed by atoms with E-state index in [1.54, 1.807) is 16.3 Å². The molecule has 1 aliphatic heterocycles. The van der Waals surface area contributed by atoms with Gasteiger partial charge in [0.05, 0.1) is 18.4 Å². The Kier molecular flexibility index (Phi) is 5.32. The number of aliphatic hydroxyl groups is 2. The van der Waals surface area contributed by atoms with E-state index < -0.39 is 24.5 Å². The fourth-order valence-electron chi connectivity index (χ4n) is 3.12. The van der Waals surface area contributed by atoms with Crippen molar-refractivity contribution in [3.05, 3.63) is 16.7 Å². The van der Waals surface area contributed by atoms with Gasteiger partial charge in [0, 0.05) is 18.7 Å². The van der Waals surface area contributed by atoms with Gasteiger partial charge in [-0.15, -0.1) is 0 Å². The number of anilines is 1. The Morgan fingerprint density at radius 1 is 1.56 bits per heavy atom. The molecule has 2 aromatic heterocycles. The van der Waals surface area contributed by atoms with Gasteiger partial charge in [-0.2, -0.15) is 16.7 Å². The number of hydrogen-bond acceptors (Lipinski definition) is 8. The van der Waals surface area contributed by atoms with Gasteiger partial charge in [-0.25, -0.2) is 14.3 Å². The predicted molar refractivity (Wildman–Crippen MR) is 95.4 cm³/mol. The quantitative estimate of drug-likeness (QED) is 0.647. The number of nitrogens with two attached hydrogens (primary N) is 1. The normalized spacial score (nSPS) is 24.9. The summed E-state index contributed by atoms with van der Waals surface area (Å²) in [5.74, 6) is 0.787. The summed E-state index contributed by atoms with van der Waals surface area (Å²) in [6.07, 6.45) is 1.18. The van der Waals surface area contributed by atoms with Crippen LogP contribution in [-0.4, -0.2) is 59.6 Å². The molecule has 25 heavy (non-hydrogen) atoms. The zero-order valence-corrected chi connectivity index (χ0v) is 15.0. The van der Waals surface area contributed by atoms with Crippen molar-refractivity contribution >= 4 is 28.9 Å². The zero-order chi connectivity index (χ0) is 18.1. The fourth-order valence-corrected chi connectivity index (χ4v) is 3.49. The van der Waals surface area contributed by atoms with Gasteiger partial charge in [-0.1, -0.05) is 6.92 Å². The maximum atomic E-state index is 12.9. The molecule has 4 atom stereocenters. The molecular weight excluding hydrogens is 346 g/mol. The molecule has 0 unspecified atom stereocenters. The van der Waals surface area contributed by atoms with E-state index in [1.165, 1.54) is 10.8 Å². The first-order chi connectivity index (χ1) is 12.0. The number of aryl methyl sites for hydroxylation is 1. The summed E-state index contributed by atoms with van der Waals surface area (Å²) in [7, 11) is 0. The number of hydrogen-bond donors (Lipinski definition) is 3. The van der Waals surface area contributed by atoms with Gasteiger partial charge in [0.2, 0.25) is 5.95 Å². The van der Waals surface area contributed by atoms with Crippen LogP contribution in [0.3, 0.4) is 0 Å². The standard InChI is InChI=1S/C15H23N5O4S/c1-3-9(21)11-6-10(22)13(24-11)20-12-8(7-17-14(16)18-12)19(15(20)23)4-5-25-2/h7,9-11,13,21-22H,3-6H2,1-2H3,(H2,16,17,18)/t9-,10+,11-,13+/m0/s1. The molecule has 0 saturated carbocycles. The highest BCUT2D eigenvalue weighted by Gasteiger charge is 2.40. The molecule has 4 N–H and O–H groups in total. The minimum Gasteiger partial charge on any atom is -0.390 e. The summed E-state index contributed by atoms with van der Waals surface area (Å²) in [5, 5.41) is 20.4. The number of thioether (sulfide) groups is 1. The smallest absolute Gasteiger partial charge is 0.332 e. The van der Waals surface area contributed by atoms with Crippen molar-refractivity contribution in [2.75, 3.05) is 17.7 Å². The second-order valence-electron chi connectivity index (χ2n) is 6.08. The van der Waals surface area contributed by atoms with E-state index in [2.05, 4.69) is 9.97 Å². The summed E-state index contributed by atoms with van der Waals surface area (Å²) in [5.41, 5.74) is 6.23. The lowest BCUT2D eigenvalue weighted by Gasteiger charge is -2.18. The maximum Gasteiger partial charge on any atom is 0.332 e. The highest BCUT2D eigenvalue weighted by atomic mass is 32.2. The van der Waals surface area contributed by atoms with Crippen molar-refractivity contribution in [2.24, 2.45) is 0 Å². The minimum absolute atomic E-state index is 0.0425. The number of imidazole rings is 1. The molecule has 0 aromatic carbocycles. The lowest BCUT2D eigenvalue weighted by molar-refractivity contribution is -0.0759. The monoisotopic (exact) mass is 369 g/mol. The van der Waals surface area contributed by atoms with Crippen LogP contribution in [0.5, 0.6) is 0 Å².